The molecule has 4 heteroatoms. The number of rotatable bonds is 3. The van der Waals surface area contributed by atoms with Gasteiger partial charge in [-0.1, -0.05) is 19.3 Å². The number of hydrogen-bond donors (Lipinski definition) is 1. The molecule has 17 heavy (non-hydrogen) atoms. The Labute approximate surface area is 109 Å². The van der Waals surface area contributed by atoms with Crippen molar-refractivity contribution in [1.29, 1.82) is 0 Å². The van der Waals surface area contributed by atoms with Crippen molar-refractivity contribution in [3.05, 3.63) is 0 Å². The lowest BCUT2D eigenvalue weighted by Crippen LogP contribution is -2.48. The van der Waals surface area contributed by atoms with E-state index in [1.165, 1.54) is 32.1 Å². The molecule has 0 saturated heterocycles. The molecule has 1 N–H and O–H groups in total. The highest BCUT2D eigenvalue weighted by atomic mass is 32.1. The third-order valence-electron chi connectivity index (χ3n) is 3.80. The van der Waals surface area contributed by atoms with E-state index in [1.54, 1.807) is 0 Å². The first-order chi connectivity index (χ1) is 8.22. The van der Waals surface area contributed by atoms with Crippen molar-refractivity contribution >= 4 is 23.2 Å². The highest BCUT2D eigenvalue weighted by molar-refractivity contribution is 7.80. The van der Waals surface area contributed by atoms with Gasteiger partial charge >= 0.3 is 0 Å². The molecule has 0 radical (unpaired) electrons. The Morgan fingerprint density at radius 1 is 1.24 bits per heavy atom. The van der Waals surface area contributed by atoms with Crippen LogP contribution in [0, 0.1) is 5.92 Å². The summed E-state index contributed by atoms with van der Waals surface area (Å²) in [5, 5.41) is 3.56. The van der Waals surface area contributed by atoms with Gasteiger partial charge in [-0.05, 0) is 44.8 Å². The van der Waals surface area contributed by atoms with Crippen molar-refractivity contribution < 1.29 is 4.79 Å². The Kier molecular flexibility index (Phi) is 4.37. The molecule has 0 aromatic heterocycles. The quantitative estimate of drug-likeness (QED) is 0.785. The molecule has 2 aliphatic carbocycles. The largest absolute Gasteiger partial charge is 0.346 e. The van der Waals surface area contributed by atoms with E-state index in [1.807, 2.05) is 0 Å². The first-order valence-electron chi connectivity index (χ1n) is 6.84. The zero-order valence-corrected chi connectivity index (χ0v) is 11.4. The molecule has 2 fully saturated rings. The molecule has 1 amide bonds. The molecule has 0 bridgehead atoms. The van der Waals surface area contributed by atoms with Crippen LogP contribution in [0.25, 0.3) is 0 Å². The van der Waals surface area contributed by atoms with E-state index in [2.05, 4.69) is 17.1 Å². The minimum absolute atomic E-state index is 0.129. The smallest absolute Gasteiger partial charge is 0.229 e. The highest BCUT2D eigenvalue weighted by Crippen LogP contribution is 2.29. The predicted octanol–water partition coefficient (Wildman–Crippen LogP) is 2.45. The molecule has 2 rings (SSSR count). The molecule has 3 nitrogen and oxygen atoms in total. The van der Waals surface area contributed by atoms with Gasteiger partial charge in [-0.15, -0.1) is 0 Å². The number of nitrogens with zero attached hydrogens (tertiary/aromatic N) is 1. The summed E-state index contributed by atoms with van der Waals surface area (Å²) >= 11 is 5.37. The van der Waals surface area contributed by atoms with Gasteiger partial charge in [0.15, 0.2) is 5.11 Å². The average Bonchev–Trinajstić information content (AvgIpc) is 3.15. The second-order valence-corrected chi connectivity index (χ2v) is 5.53. The summed E-state index contributed by atoms with van der Waals surface area (Å²) < 4.78 is 0. The summed E-state index contributed by atoms with van der Waals surface area (Å²) in [4.78, 5) is 13.9. The van der Waals surface area contributed by atoms with Crippen LogP contribution in [0.15, 0.2) is 0 Å². The van der Waals surface area contributed by atoms with Crippen LogP contribution in [0.2, 0.25) is 0 Å². The van der Waals surface area contributed by atoms with Gasteiger partial charge in [0.2, 0.25) is 5.91 Å². The fraction of sp³-hybridized carbons (Fsp3) is 0.846. The zero-order chi connectivity index (χ0) is 12.3. The average molecular weight is 254 g/mol. The van der Waals surface area contributed by atoms with Crippen molar-refractivity contribution in [3.63, 3.8) is 0 Å². The van der Waals surface area contributed by atoms with Gasteiger partial charge < -0.3 is 10.2 Å². The Hall–Kier alpha value is -0.640. The van der Waals surface area contributed by atoms with Gasteiger partial charge in [0.05, 0.1) is 0 Å². The third kappa shape index (κ3) is 3.41. The van der Waals surface area contributed by atoms with Crippen LogP contribution in [0.1, 0.15) is 51.9 Å². The van der Waals surface area contributed by atoms with Crippen molar-refractivity contribution in [2.75, 3.05) is 6.54 Å². The van der Waals surface area contributed by atoms with E-state index < -0.39 is 0 Å². The highest BCUT2D eigenvalue weighted by Gasteiger charge is 2.31. The summed E-state index contributed by atoms with van der Waals surface area (Å²) in [6.45, 7) is 3.01. The Morgan fingerprint density at radius 3 is 2.41 bits per heavy atom. The number of nitrogens with one attached hydrogen (secondary N) is 1. The van der Waals surface area contributed by atoms with Crippen LogP contribution >= 0.6 is 12.2 Å². The maximum absolute atomic E-state index is 11.7. The second kappa shape index (κ2) is 5.80. The minimum Gasteiger partial charge on any atom is -0.346 e. The van der Waals surface area contributed by atoms with Gasteiger partial charge in [0.1, 0.15) is 0 Å². The number of thiocarbonyl (C=S) groups is 1. The fourth-order valence-electron chi connectivity index (χ4n) is 2.59. The summed E-state index contributed by atoms with van der Waals surface area (Å²) in [6, 6.07) is 0.542. The molecule has 0 atom stereocenters. The maximum Gasteiger partial charge on any atom is 0.229 e. The summed E-state index contributed by atoms with van der Waals surface area (Å²) in [6.07, 6.45) is 8.42. The maximum atomic E-state index is 11.7. The van der Waals surface area contributed by atoms with E-state index >= 15 is 0 Å². The van der Waals surface area contributed by atoms with E-state index in [0.29, 0.717) is 11.2 Å². The van der Waals surface area contributed by atoms with E-state index in [-0.39, 0.29) is 11.8 Å². The van der Waals surface area contributed by atoms with Crippen LogP contribution < -0.4 is 5.32 Å². The molecular formula is C13H22N2OS. The number of carbonyl (C=O) groups is 1. The van der Waals surface area contributed by atoms with Crippen LogP contribution in [-0.4, -0.2) is 28.5 Å². The zero-order valence-electron chi connectivity index (χ0n) is 10.6. The molecule has 96 valence electrons. The lowest BCUT2D eigenvalue weighted by Gasteiger charge is -2.35. The SMILES string of the molecule is CCN(C(=S)NC(=O)C1CC1)C1CCCCC1. The lowest BCUT2D eigenvalue weighted by atomic mass is 9.94. The van der Waals surface area contributed by atoms with Gasteiger partial charge in [-0.25, -0.2) is 0 Å². The molecular weight excluding hydrogens is 232 g/mol. The number of hydrogen-bond acceptors (Lipinski definition) is 2. The van der Waals surface area contributed by atoms with Gasteiger partial charge in [0.25, 0.3) is 0 Å². The van der Waals surface area contributed by atoms with Crippen LogP contribution in [-0.2, 0) is 4.79 Å². The summed E-state index contributed by atoms with van der Waals surface area (Å²) in [5.74, 6) is 0.363. The molecule has 0 aliphatic heterocycles. The molecule has 0 aromatic carbocycles. The van der Waals surface area contributed by atoms with Crippen molar-refractivity contribution in [2.45, 2.75) is 57.9 Å². The predicted molar refractivity (Wildman–Crippen MR) is 72.7 cm³/mol. The molecule has 0 unspecified atom stereocenters. The summed E-state index contributed by atoms with van der Waals surface area (Å²) in [7, 11) is 0. The molecule has 0 heterocycles. The van der Waals surface area contributed by atoms with Crippen LogP contribution in [0.5, 0.6) is 0 Å². The molecule has 0 aromatic rings. The lowest BCUT2D eigenvalue weighted by molar-refractivity contribution is -0.121. The Morgan fingerprint density at radius 2 is 1.88 bits per heavy atom. The van der Waals surface area contributed by atoms with Crippen molar-refractivity contribution in [3.8, 4) is 0 Å². The first-order valence-corrected chi connectivity index (χ1v) is 7.24. The summed E-state index contributed by atoms with van der Waals surface area (Å²) in [5.41, 5.74) is 0. The van der Waals surface area contributed by atoms with E-state index in [4.69, 9.17) is 12.2 Å². The van der Waals surface area contributed by atoms with Crippen LogP contribution in [0.3, 0.4) is 0 Å². The number of amides is 1. The monoisotopic (exact) mass is 254 g/mol. The normalized spacial score (nSPS) is 21.0. The second-order valence-electron chi connectivity index (χ2n) is 5.15. The van der Waals surface area contributed by atoms with Gasteiger partial charge in [-0.2, -0.15) is 0 Å². The standard InChI is InChI=1S/C13H22N2OS/c1-2-15(11-6-4-3-5-7-11)13(17)14-12(16)10-8-9-10/h10-11H,2-9H2,1H3,(H,14,16,17). The van der Waals surface area contributed by atoms with Gasteiger partial charge in [-0.3, -0.25) is 4.79 Å². The Bertz CT molecular complexity index is 296. The van der Waals surface area contributed by atoms with Crippen molar-refractivity contribution in [1.82, 2.24) is 10.2 Å². The minimum atomic E-state index is 0.129. The van der Waals surface area contributed by atoms with Gasteiger partial charge in [0, 0.05) is 18.5 Å². The molecule has 2 aliphatic rings. The van der Waals surface area contributed by atoms with Crippen LogP contribution in [0.4, 0.5) is 0 Å². The fourth-order valence-corrected chi connectivity index (χ4v) is 2.96. The third-order valence-corrected chi connectivity index (χ3v) is 4.13. The van der Waals surface area contributed by atoms with Crippen molar-refractivity contribution in [2.24, 2.45) is 5.92 Å². The first kappa shape index (κ1) is 12.8. The van der Waals surface area contributed by atoms with E-state index in [9.17, 15) is 4.79 Å². The Balaban J connectivity index is 1.86. The molecule has 0 spiro atoms. The van der Waals surface area contributed by atoms with E-state index in [0.717, 1.165) is 19.4 Å². The topological polar surface area (TPSA) is 32.3 Å². The molecule has 2 saturated carbocycles. The number of carbonyl (C=O) groups excluding carboxylic acids is 1.